The molecule has 3 heterocycles. The summed E-state index contributed by atoms with van der Waals surface area (Å²) in [6.45, 7) is 28.6. The van der Waals surface area contributed by atoms with Gasteiger partial charge in [-0.15, -0.1) is 0 Å². The van der Waals surface area contributed by atoms with Crippen LogP contribution in [0, 0.1) is 11.8 Å². The molecule has 0 aromatic heterocycles. The van der Waals surface area contributed by atoms with Gasteiger partial charge in [-0.3, -0.25) is 0 Å². The van der Waals surface area contributed by atoms with Gasteiger partial charge in [0.15, 0.2) is 28.7 Å². The molecule has 0 bridgehead atoms. The highest BCUT2D eigenvalue weighted by atomic mass is 28.4. The fraction of sp³-hybridized carbons (Fsp3) is 0.733. The molecule has 2 aromatic carbocycles. The van der Waals surface area contributed by atoms with E-state index >= 15 is 0 Å². The SMILES string of the molecule is CO[C@]1([C@@H](O)[C@@H]2O[C@@H]3CO[C@@H](c4ccccc4)O[C@H]3[C@H](O[Si](C)(C)C(C)(C)C)[C@H]2C)C[C@H](O[Si](C)(C)C(C)(C)C)[C@@H](C)[C@@H](CCCCOCc2ccccc2)O1. The maximum Gasteiger partial charge on any atom is 0.199 e. The van der Waals surface area contributed by atoms with Crippen molar-refractivity contribution in [3.05, 3.63) is 71.8 Å². The Kier molecular flexibility index (Phi) is 15.0. The zero-order valence-corrected chi connectivity index (χ0v) is 38.7. The lowest BCUT2D eigenvalue weighted by Gasteiger charge is -2.56. The molecule has 5 rings (SSSR count). The van der Waals surface area contributed by atoms with Crippen LogP contribution in [-0.4, -0.2) is 90.6 Å². The third kappa shape index (κ3) is 10.4. The van der Waals surface area contributed by atoms with Crippen molar-refractivity contribution in [1.29, 1.82) is 0 Å². The molecule has 3 aliphatic heterocycles. The first-order valence-corrected chi connectivity index (χ1v) is 26.9. The van der Waals surface area contributed by atoms with Gasteiger partial charge in [-0.1, -0.05) is 116 Å². The lowest BCUT2D eigenvalue weighted by atomic mass is 9.79. The van der Waals surface area contributed by atoms with E-state index in [0.29, 0.717) is 26.2 Å². The second kappa shape index (κ2) is 18.4. The van der Waals surface area contributed by atoms with Gasteiger partial charge in [-0.05, 0) is 61.1 Å². The van der Waals surface area contributed by atoms with Crippen molar-refractivity contribution >= 4 is 16.6 Å². The average molecular weight is 815 g/mol. The van der Waals surface area contributed by atoms with Gasteiger partial charge < -0.3 is 42.4 Å². The van der Waals surface area contributed by atoms with Crippen molar-refractivity contribution < 1.29 is 42.4 Å². The van der Waals surface area contributed by atoms with E-state index in [1.807, 2.05) is 48.5 Å². The summed E-state index contributed by atoms with van der Waals surface area (Å²) in [4.78, 5) is 0. The van der Waals surface area contributed by atoms with Crippen LogP contribution in [0.5, 0.6) is 0 Å². The van der Waals surface area contributed by atoms with E-state index < -0.39 is 47.0 Å². The quantitative estimate of drug-likeness (QED) is 0.139. The number of hydrogen-bond donors (Lipinski definition) is 1. The molecule has 56 heavy (non-hydrogen) atoms. The van der Waals surface area contributed by atoms with Crippen molar-refractivity contribution in [2.75, 3.05) is 20.3 Å². The molecule has 11 heteroatoms. The Balaban J connectivity index is 1.40. The topological polar surface area (TPSA) is 94.1 Å². The molecule has 0 radical (unpaired) electrons. The summed E-state index contributed by atoms with van der Waals surface area (Å²) >= 11 is 0. The Labute approximate surface area is 340 Å². The summed E-state index contributed by atoms with van der Waals surface area (Å²) in [6.07, 6.45) is -0.970. The number of hydrogen-bond acceptors (Lipinski definition) is 9. The van der Waals surface area contributed by atoms with Crippen molar-refractivity contribution in [3.63, 3.8) is 0 Å². The van der Waals surface area contributed by atoms with Crippen LogP contribution in [0.25, 0.3) is 0 Å². The molecule has 316 valence electrons. The first kappa shape index (κ1) is 45.6. The summed E-state index contributed by atoms with van der Waals surface area (Å²) in [7, 11) is -2.88. The lowest BCUT2D eigenvalue weighted by molar-refractivity contribution is -0.372. The molecule has 0 unspecified atom stereocenters. The molecule has 3 saturated heterocycles. The second-order valence-corrected chi connectivity index (χ2v) is 29.2. The van der Waals surface area contributed by atoms with E-state index in [4.69, 9.17) is 37.3 Å². The number of aliphatic hydroxyl groups is 1. The highest BCUT2D eigenvalue weighted by Gasteiger charge is 2.60. The Morgan fingerprint density at radius 1 is 0.821 bits per heavy atom. The number of ether oxygens (including phenoxy) is 6. The Morgan fingerprint density at radius 3 is 2.04 bits per heavy atom. The van der Waals surface area contributed by atoms with Crippen molar-refractivity contribution in [1.82, 2.24) is 0 Å². The summed E-state index contributed by atoms with van der Waals surface area (Å²) in [5.41, 5.74) is 2.13. The largest absolute Gasteiger partial charge is 0.413 e. The average Bonchev–Trinajstić information content (AvgIpc) is 3.14. The third-order valence-electron chi connectivity index (χ3n) is 13.6. The minimum atomic E-state index is -2.31. The van der Waals surface area contributed by atoms with Crippen LogP contribution in [0.15, 0.2) is 60.7 Å². The fourth-order valence-corrected chi connectivity index (χ4v) is 10.5. The van der Waals surface area contributed by atoms with Gasteiger partial charge in [0.05, 0.1) is 37.6 Å². The standard InChI is InChI=1S/C45H74O9Si2/c1-31-35(26-20-21-27-48-29-33-22-16-14-17-23-33)52-45(47-9,28-36(31)53-55(10,11)43(3,4)5)41(46)39-32(2)38(54-56(12,13)44(6,7)8)40-37(50-39)30-49-42(51-40)34-24-18-15-19-25-34/h14-19,22-25,31-32,35-42,46H,20-21,26-30H2,1-13H3/t31-,32+,35+,36-,37+,38+,39+,40+,41-,42+,45+/m0/s1. The van der Waals surface area contributed by atoms with Gasteiger partial charge in [0, 0.05) is 37.5 Å². The summed E-state index contributed by atoms with van der Waals surface area (Å²) in [6, 6.07) is 20.3. The molecule has 0 saturated carbocycles. The lowest BCUT2D eigenvalue weighted by Crippen LogP contribution is -2.69. The second-order valence-electron chi connectivity index (χ2n) is 19.6. The van der Waals surface area contributed by atoms with E-state index in [-0.39, 0.29) is 46.3 Å². The van der Waals surface area contributed by atoms with Crippen molar-refractivity contribution in [2.24, 2.45) is 11.8 Å². The van der Waals surface area contributed by atoms with Gasteiger partial charge in [0.2, 0.25) is 0 Å². The Morgan fingerprint density at radius 2 is 1.43 bits per heavy atom. The van der Waals surface area contributed by atoms with Gasteiger partial charge in [-0.2, -0.15) is 0 Å². The molecule has 1 N–H and O–H groups in total. The molecule has 0 spiro atoms. The molecule has 0 amide bonds. The Hall–Kier alpha value is -1.49. The first-order chi connectivity index (χ1) is 26.2. The molecule has 3 fully saturated rings. The van der Waals surface area contributed by atoms with Crippen molar-refractivity contribution in [2.45, 2.75) is 179 Å². The molecular formula is C45H74O9Si2. The smallest absolute Gasteiger partial charge is 0.199 e. The zero-order valence-electron chi connectivity index (χ0n) is 36.7. The number of rotatable bonds is 15. The predicted octanol–water partition coefficient (Wildman–Crippen LogP) is 9.80. The molecule has 9 nitrogen and oxygen atoms in total. The fourth-order valence-electron chi connectivity index (χ4n) is 7.75. The van der Waals surface area contributed by atoms with E-state index in [0.717, 1.165) is 24.8 Å². The minimum absolute atomic E-state index is 0.00780. The third-order valence-corrected chi connectivity index (χ3v) is 22.5. The zero-order chi connectivity index (χ0) is 41.1. The first-order valence-electron chi connectivity index (χ1n) is 21.1. The number of fused-ring (bicyclic) bond motifs is 1. The van der Waals surface area contributed by atoms with Crippen LogP contribution in [-0.2, 0) is 43.9 Å². The molecule has 2 aromatic rings. The van der Waals surface area contributed by atoms with Crippen LogP contribution in [0.2, 0.25) is 36.3 Å². The van der Waals surface area contributed by atoms with E-state index in [2.05, 4.69) is 93.7 Å². The van der Waals surface area contributed by atoms with E-state index in [1.54, 1.807) is 7.11 Å². The molecule has 11 atom stereocenters. The van der Waals surface area contributed by atoms with Crippen LogP contribution in [0.4, 0.5) is 0 Å². The summed E-state index contributed by atoms with van der Waals surface area (Å²) in [5.74, 6) is -1.54. The van der Waals surface area contributed by atoms with E-state index in [1.165, 1.54) is 5.56 Å². The van der Waals surface area contributed by atoms with Crippen LogP contribution < -0.4 is 0 Å². The molecular weight excluding hydrogens is 741 g/mol. The number of methoxy groups -OCH3 is 1. The normalized spacial score (nSPS) is 32.5. The summed E-state index contributed by atoms with van der Waals surface area (Å²) in [5, 5.41) is 12.7. The minimum Gasteiger partial charge on any atom is -0.413 e. The monoisotopic (exact) mass is 814 g/mol. The number of benzene rings is 2. The highest BCUT2D eigenvalue weighted by molar-refractivity contribution is 6.74. The van der Waals surface area contributed by atoms with Crippen LogP contribution >= 0.6 is 0 Å². The maximum atomic E-state index is 12.8. The number of unbranched alkanes of at least 4 members (excludes halogenated alkanes) is 1. The highest BCUT2D eigenvalue weighted by Crippen LogP contribution is 2.48. The van der Waals surface area contributed by atoms with Gasteiger partial charge >= 0.3 is 0 Å². The maximum absolute atomic E-state index is 12.8. The van der Waals surface area contributed by atoms with Gasteiger partial charge in [0.25, 0.3) is 0 Å². The van der Waals surface area contributed by atoms with Gasteiger partial charge in [0.1, 0.15) is 18.3 Å². The van der Waals surface area contributed by atoms with E-state index in [9.17, 15) is 5.11 Å². The summed E-state index contributed by atoms with van der Waals surface area (Å²) < 4.78 is 53.9. The van der Waals surface area contributed by atoms with Gasteiger partial charge in [-0.25, -0.2) is 0 Å². The number of aliphatic hydroxyl groups excluding tert-OH is 1. The van der Waals surface area contributed by atoms with Crippen LogP contribution in [0.3, 0.4) is 0 Å². The van der Waals surface area contributed by atoms with Crippen LogP contribution in [0.1, 0.15) is 98.5 Å². The molecule has 3 aliphatic rings. The van der Waals surface area contributed by atoms with Crippen molar-refractivity contribution in [3.8, 4) is 0 Å². The predicted molar refractivity (Wildman–Crippen MR) is 226 cm³/mol. The molecule has 0 aliphatic carbocycles. The Bertz CT molecular complexity index is 1500.